The van der Waals surface area contributed by atoms with Gasteiger partial charge in [-0.25, -0.2) is 0 Å². The van der Waals surface area contributed by atoms with Crippen molar-refractivity contribution < 1.29 is 13.6 Å². The first-order valence-electron chi connectivity index (χ1n) is 12.9. The first kappa shape index (κ1) is 27.0. The largest absolute Gasteiger partial charge is 0.309 e. The minimum absolute atomic E-state index is 0.152. The molecule has 204 valence electrons. The number of alkyl halides is 2. The molecule has 5 nitrogen and oxygen atoms in total. The van der Waals surface area contributed by atoms with E-state index in [9.17, 15) is 13.6 Å². The molecule has 5 aromatic rings. The van der Waals surface area contributed by atoms with Crippen molar-refractivity contribution in [2.75, 3.05) is 0 Å². The van der Waals surface area contributed by atoms with E-state index >= 15 is 0 Å². The van der Waals surface area contributed by atoms with Gasteiger partial charge in [-0.1, -0.05) is 102 Å². The summed E-state index contributed by atoms with van der Waals surface area (Å²) in [6.45, 7) is 0. The lowest BCUT2D eigenvalue weighted by molar-refractivity contribution is -0.118. The average Bonchev–Trinajstić information content (AvgIpc) is 3.51. The van der Waals surface area contributed by atoms with Crippen LogP contribution in [-0.4, -0.2) is 32.9 Å². The minimum atomic E-state index is -2.46. The molecule has 1 N–H and O–H groups in total. The van der Waals surface area contributed by atoms with Crippen LogP contribution in [0.2, 0.25) is 0 Å². The second kappa shape index (κ2) is 12.1. The summed E-state index contributed by atoms with van der Waals surface area (Å²) in [7, 11) is 0. The smallest absolute Gasteiger partial charge is 0.288 e. The summed E-state index contributed by atoms with van der Waals surface area (Å²) in [5.74, 6) is -2.62. The Bertz CT molecular complexity index is 1740. The highest BCUT2D eigenvalue weighted by atomic mass is 32.2. The highest BCUT2D eigenvalue weighted by Crippen LogP contribution is 2.35. The van der Waals surface area contributed by atoms with E-state index in [2.05, 4.69) is 56.5 Å². The van der Waals surface area contributed by atoms with Crippen LogP contribution in [0.15, 0.2) is 124 Å². The maximum absolute atomic E-state index is 12.6. The van der Waals surface area contributed by atoms with Crippen molar-refractivity contribution in [3.63, 3.8) is 0 Å². The van der Waals surface area contributed by atoms with E-state index in [1.807, 2.05) is 48.5 Å². The summed E-state index contributed by atoms with van der Waals surface area (Å²) in [4.78, 5) is 13.1. The van der Waals surface area contributed by atoms with Crippen molar-refractivity contribution in [1.82, 2.24) is 9.88 Å². The van der Waals surface area contributed by atoms with Crippen LogP contribution >= 0.6 is 23.5 Å². The molecular weight excluding hydrogens is 559 g/mol. The molecule has 0 radical (unpaired) electrons. The number of benzene rings is 4. The van der Waals surface area contributed by atoms with E-state index < -0.39 is 5.76 Å². The van der Waals surface area contributed by atoms with Gasteiger partial charge in [-0.3, -0.25) is 4.79 Å². The molecule has 1 fully saturated rings. The zero-order valence-corrected chi connectivity index (χ0v) is 23.3. The van der Waals surface area contributed by atoms with Crippen LogP contribution in [0.4, 0.5) is 8.78 Å². The van der Waals surface area contributed by atoms with Gasteiger partial charge >= 0.3 is 0 Å². The molecule has 0 bridgehead atoms. The van der Waals surface area contributed by atoms with Crippen LogP contribution < -0.4 is 5.32 Å². The summed E-state index contributed by atoms with van der Waals surface area (Å²) in [5, 5.41) is 12.7. The third-order valence-corrected chi connectivity index (χ3v) is 8.45. The first-order valence-corrected chi connectivity index (χ1v) is 14.7. The third-order valence-electron chi connectivity index (χ3n) is 6.66. The van der Waals surface area contributed by atoms with Gasteiger partial charge < -0.3 is 9.88 Å². The van der Waals surface area contributed by atoms with Crippen LogP contribution in [0, 0.1) is 0 Å². The number of thioether (sulfide) groups is 2. The van der Waals surface area contributed by atoms with Gasteiger partial charge in [0.2, 0.25) is 5.91 Å². The Hall–Kier alpha value is -4.21. The molecule has 41 heavy (non-hydrogen) atoms. The summed E-state index contributed by atoms with van der Waals surface area (Å²) >= 11 is 1.82. The Morgan fingerprint density at radius 2 is 1.59 bits per heavy atom. The van der Waals surface area contributed by atoms with Gasteiger partial charge in [0.15, 0.2) is 5.17 Å². The fourth-order valence-corrected chi connectivity index (χ4v) is 6.33. The third kappa shape index (κ3) is 5.96. The van der Waals surface area contributed by atoms with E-state index in [-0.39, 0.29) is 11.2 Å². The number of para-hydroxylation sites is 2. The van der Waals surface area contributed by atoms with Crippen LogP contribution in [0.3, 0.4) is 0 Å². The molecule has 2 heterocycles. The molecule has 9 heteroatoms. The minimum Gasteiger partial charge on any atom is -0.309 e. The number of carbonyl (C=O) groups excluding carboxylic acids is 1. The lowest BCUT2D eigenvalue weighted by atomic mass is 10.1. The maximum Gasteiger partial charge on any atom is 0.288 e. The number of nitrogens with zero attached hydrogens (tertiary/aromatic N) is 3. The number of halogens is 2. The standard InChI is InChI=1S/C32H24F2N4OS2/c33-31(34)40-24-17-15-21(16-18-24)19-28-30(39)36-32(41-28)37-35-20-26-25-13-7-8-14-27(25)38(23-11-5-2-6-12-23)29(26)22-9-3-1-4-10-22/h1-18,20,28,31H,19H2,(H,36,37,39)/b35-20-/t28-/m0/s1. The number of aromatic nitrogens is 1. The van der Waals surface area contributed by atoms with Gasteiger partial charge in [-0.05, 0) is 47.9 Å². The van der Waals surface area contributed by atoms with Crippen LogP contribution in [0.5, 0.6) is 0 Å². The Morgan fingerprint density at radius 3 is 2.32 bits per heavy atom. The van der Waals surface area contributed by atoms with Gasteiger partial charge in [0.25, 0.3) is 5.76 Å². The van der Waals surface area contributed by atoms with Crippen molar-refractivity contribution >= 4 is 51.7 Å². The van der Waals surface area contributed by atoms with Crippen molar-refractivity contribution in [2.24, 2.45) is 10.2 Å². The van der Waals surface area contributed by atoms with Gasteiger partial charge in [0.05, 0.1) is 22.7 Å². The molecule has 1 aromatic heterocycles. The van der Waals surface area contributed by atoms with Crippen LogP contribution in [-0.2, 0) is 11.2 Å². The molecule has 0 aliphatic carbocycles. The number of amides is 1. The summed E-state index contributed by atoms with van der Waals surface area (Å²) in [5.41, 5.74) is 5.94. The molecule has 1 aliphatic rings. The maximum atomic E-state index is 12.6. The summed E-state index contributed by atoms with van der Waals surface area (Å²) < 4.78 is 27.4. The van der Waals surface area contributed by atoms with E-state index in [1.54, 1.807) is 30.5 Å². The van der Waals surface area contributed by atoms with Gasteiger partial charge in [0.1, 0.15) is 0 Å². The van der Waals surface area contributed by atoms with Gasteiger partial charge in [0, 0.05) is 21.5 Å². The number of rotatable bonds is 8. The predicted octanol–water partition coefficient (Wildman–Crippen LogP) is 7.78. The molecule has 1 amide bonds. The zero-order chi connectivity index (χ0) is 28.2. The molecule has 1 saturated heterocycles. The predicted molar refractivity (Wildman–Crippen MR) is 165 cm³/mol. The zero-order valence-electron chi connectivity index (χ0n) is 21.7. The average molecular weight is 583 g/mol. The summed E-state index contributed by atoms with van der Waals surface area (Å²) in [6, 6.07) is 35.4. The van der Waals surface area contributed by atoms with Crippen molar-refractivity contribution in [2.45, 2.75) is 22.3 Å². The van der Waals surface area contributed by atoms with Crippen molar-refractivity contribution in [3.05, 3.63) is 120 Å². The second-order valence-electron chi connectivity index (χ2n) is 9.29. The quantitative estimate of drug-likeness (QED) is 0.116. The number of nitrogens with one attached hydrogen (secondary N) is 1. The lowest BCUT2D eigenvalue weighted by Gasteiger charge is -2.12. The highest BCUT2D eigenvalue weighted by molar-refractivity contribution is 8.15. The molecular formula is C32H24F2N4OS2. The van der Waals surface area contributed by atoms with E-state index in [4.69, 9.17) is 0 Å². The van der Waals surface area contributed by atoms with E-state index in [0.29, 0.717) is 28.2 Å². The molecule has 0 saturated carbocycles. The molecule has 0 spiro atoms. The summed E-state index contributed by atoms with van der Waals surface area (Å²) in [6.07, 6.45) is 2.21. The fourth-order valence-electron chi connectivity index (χ4n) is 4.87. The molecule has 1 atom stereocenters. The van der Waals surface area contributed by atoms with E-state index in [1.165, 1.54) is 11.8 Å². The topological polar surface area (TPSA) is 58.8 Å². The SMILES string of the molecule is O=C1N/C(=N/N=C\c2c(-c3ccccc3)n(-c3ccccc3)c3ccccc23)S[C@H]1Cc1ccc(SC(F)F)cc1. The van der Waals surface area contributed by atoms with Crippen LogP contribution in [0.25, 0.3) is 27.8 Å². The normalized spacial score (nSPS) is 16.3. The fraction of sp³-hybridized carbons (Fsp3) is 0.0938. The second-order valence-corrected chi connectivity index (χ2v) is 11.5. The lowest BCUT2D eigenvalue weighted by Crippen LogP contribution is -2.25. The molecule has 0 unspecified atom stereocenters. The Morgan fingerprint density at radius 1 is 0.902 bits per heavy atom. The number of fused-ring (bicyclic) bond motifs is 1. The molecule has 6 rings (SSSR count). The first-order chi connectivity index (χ1) is 20.1. The monoisotopic (exact) mass is 582 g/mol. The molecule has 1 aliphatic heterocycles. The number of hydrogen-bond acceptors (Lipinski definition) is 5. The Balaban J connectivity index is 1.29. The Labute approximate surface area is 244 Å². The Kier molecular flexibility index (Phi) is 7.98. The van der Waals surface area contributed by atoms with Gasteiger partial charge in [-0.15, -0.1) is 5.10 Å². The van der Waals surface area contributed by atoms with Gasteiger partial charge in [-0.2, -0.15) is 13.9 Å². The van der Waals surface area contributed by atoms with Crippen LogP contribution in [0.1, 0.15) is 11.1 Å². The molecule has 4 aromatic carbocycles. The highest BCUT2D eigenvalue weighted by Gasteiger charge is 2.30. The van der Waals surface area contributed by atoms with Crippen molar-refractivity contribution in [1.29, 1.82) is 0 Å². The number of carbonyl (C=O) groups is 1. The number of amidine groups is 1. The number of hydrogen-bond donors (Lipinski definition) is 1. The van der Waals surface area contributed by atoms with Crippen molar-refractivity contribution in [3.8, 4) is 16.9 Å². The van der Waals surface area contributed by atoms with E-state index in [0.717, 1.165) is 39.0 Å².